The Morgan fingerprint density at radius 3 is 2.84 bits per heavy atom. The van der Waals surface area contributed by atoms with Crippen molar-refractivity contribution in [3.05, 3.63) is 40.1 Å². The number of nitrogens with zero attached hydrogens (tertiary/aromatic N) is 5. The van der Waals surface area contributed by atoms with Crippen molar-refractivity contribution in [2.24, 2.45) is 0 Å². The molecule has 0 atom stereocenters. The predicted molar refractivity (Wildman–Crippen MR) is 90.9 cm³/mol. The molecule has 2 heterocycles. The predicted octanol–water partition coefficient (Wildman–Crippen LogP) is 0.195. The molecule has 9 heteroatoms. The molecule has 2 aromatic rings. The lowest BCUT2D eigenvalue weighted by Gasteiger charge is -2.10. The SMILES string of the molecule is COCCCn1cnnc1CNC(=O)CCn1c(C)cc(C)nc1=O. The second-order valence-corrected chi connectivity index (χ2v) is 5.79. The van der Waals surface area contributed by atoms with Crippen LogP contribution in [0.25, 0.3) is 0 Å². The molecule has 2 rings (SSSR count). The van der Waals surface area contributed by atoms with E-state index < -0.39 is 0 Å². The number of nitrogens with one attached hydrogen (secondary N) is 1. The van der Waals surface area contributed by atoms with Crippen molar-refractivity contribution in [3.8, 4) is 0 Å². The summed E-state index contributed by atoms with van der Waals surface area (Å²) in [5.74, 6) is 0.535. The maximum Gasteiger partial charge on any atom is 0.347 e. The van der Waals surface area contributed by atoms with Crippen LogP contribution in [0.1, 0.15) is 30.1 Å². The summed E-state index contributed by atoms with van der Waals surface area (Å²) in [6, 6.07) is 1.82. The molecule has 25 heavy (non-hydrogen) atoms. The topological polar surface area (TPSA) is 104 Å². The Morgan fingerprint density at radius 1 is 1.32 bits per heavy atom. The van der Waals surface area contributed by atoms with Crippen LogP contribution in [0.4, 0.5) is 0 Å². The molecule has 0 aliphatic heterocycles. The van der Waals surface area contributed by atoms with Gasteiger partial charge in [0.15, 0.2) is 5.82 Å². The van der Waals surface area contributed by atoms with Gasteiger partial charge in [0, 0.05) is 44.6 Å². The summed E-state index contributed by atoms with van der Waals surface area (Å²) in [5.41, 5.74) is 1.14. The minimum atomic E-state index is -0.330. The number of aromatic nitrogens is 5. The number of hydrogen-bond donors (Lipinski definition) is 1. The molecule has 0 fully saturated rings. The Hall–Kier alpha value is -2.55. The molecule has 0 spiro atoms. The molecule has 0 saturated heterocycles. The van der Waals surface area contributed by atoms with E-state index in [0.29, 0.717) is 31.2 Å². The van der Waals surface area contributed by atoms with Gasteiger partial charge in [-0.25, -0.2) is 4.79 Å². The van der Waals surface area contributed by atoms with E-state index in [9.17, 15) is 9.59 Å². The molecule has 0 saturated carbocycles. The van der Waals surface area contributed by atoms with Gasteiger partial charge in [-0.3, -0.25) is 9.36 Å². The highest BCUT2D eigenvalue weighted by Gasteiger charge is 2.09. The number of amides is 1. The highest BCUT2D eigenvalue weighted by molar-refractivity contribution is 5.75. The Kier molecular flexibility index (Phi) is 6.81. The van der Waals surface area contributed by atoms with Crippen molar-refractivity contribution < 1.29 is 9.53 Å². The van der Waals surface area contributed by atoms with Crippen LogP contribution in [0.2, 0.25) is 0 Å². The lowest BCUT2D eigenvalue weighted by molar-refractivity contribution is -0.121. The van der Waals surface area contributed by atoms with Crippen molar-refractivity contribution in [1.29, 1.82) is 0 Å². The van der Waals surface area contributed by atoms with Gasteiger partial charge in [-0.1, -0.05) is 0 Å². The van der Waals surface area contributed by atoms with Crippen LogP contribution in [-0.2, 0) is 29.2 Å². The fourth-order valence-corrected chi connectivity index (χ4v) is 2.51. The average Bonchev–Trinajstić information content (AvgIpc) is 2.99. The summed E-state index contributed by atoms with van der Waals surface area (Å²) in [4.78, 5) is 27.8. The quantitative estimate of drug-likeness (QED) is 0.649. The molecule has 1 N–H and O–H groups in total. The van der Waals surface area contributed by atoms with Gasteiger partial charge >= 0.3 is 5.69 Å². The number of ether oxygens (including phenoxy) is 1. The van der Waals surface area contributed by atoms with Crippen molar-refractivity contribution in [2.75, 3.05) is 13.7 Å². The lowest BCUT2D eigenvalue weighted by Crippen LogP contribution is -2.30. The molecule has 0 unspecified atom stereocenters. The number of aryl methyl sites for hydroxylation is 3. The maximum atomic E-state index is 12.0. The first-order chi connectivity index (χ1) is 12.0. The van der Waals surface area contributed by atoms with Gasteiger partial charge in [-0.2, -0.15) is 4.98 Å². The van der Waals surface area contributed by atoms with Gasteiger partial charge in [-0.05, 0) is 26.3 Å². The fourth-order valence-electron chi connectivity index (χ4n) is 2.51. The Bertz CT molecular complexity index is 767. The second-order valence-electron chi connectivity index (χ2n) is 5.79. The number of methoxy groups -OCH3 is 1. The van der Waals surface area contributed by atoms with Crippen LogP contribution in [0, 0.1) is 13.8 Å². The van der Waals surface area contributed by atoms with E-state index in [1.165, 1.54) is 4.57 Å². The fraction of sp³-hybridized carbons (Fsp3) is 0.562. The molecular formula is C16H24N6O3. The molecular weight excluding hydrogens is 324 g/mol. The highest BCUT2D eigenvalue weighted by atomic mass is 16.5. The summed E-state index contributed by atoms with van der Waals surface area (Å²) in [6.45, 7) is 5.58. The summed E-state index contributed by atoms with van der Waals surface area (Å²) < 4.78 is 8.41. The molecule has 0 bridgehead atoms. The van der Waals surface area contributed by atoms with Crippen LogP contribution in [0.3, 0.4) is 0 Å². The molecule has 2 aromatic heterocycles. The number of carbonyl (C=O) groups is 1. The summed E-state index contributed by atoms with van der Waals surface area (Å²) >= 11 is 0. The van der Waals surface area contributed by atoms with Crippen LogP contribution >= 0.6 is 0 Å². The van der Waals surface area contributed by atoms with Crippen LogP contribution in [0.15, 0.2) is 17.2 Å². The normalized spacial score (nSPS) is 10.8. The molecule has 0 aliphatic carbocycles. The molecule has 0 aromatic carbocycles. The van der Waals surface area contributed by atoms with Crippen molar-refractivity contribution in [3.63, 3.8) is 0 Å². The third kappa shape index (κ3) is 5.49. The van der Waals surface area contributed by atoms with Crippen molar-refractivity contribution >= 4 is 5.91 Å². The van der Waals surface area contributed by atoms with Crippen LogP contribution in [-0.4, -0.2) is 43.9 Å². The standard InChI is InChI=1S/C16H24N6O3/c1-12-9-13(2)22(16(24)19-12)7-5-15(23)17-10-14-20-18-11-21(14)6-4-8-25-3/h9,11H,4-8,10H2,1-3H3,(H,17,23). The van der Waals surface area contributed by atoms with Crippen LogP contribution < -0.4 is 11.0 Å². The van der Waals surface area contributed by atoms with Gasteiger partial charge in [0.1, 0.15) is 6.33 Å². The Labute approximate surface area is 146 Å². The van der Waals surface area contributed by atoms with Gasteiger partial charge in [0.25, 0.3) is 0 Å². The van der Waals surface area contributed by atoms with E-state index in [1.54, 1.807) is 20.4 Å². The van der Waals surface area contributed by atoms with E-state index in [-0.39, 0.29) is 18.0 Å². The van der Waals surface area contributed by atoms with Crippen LogP contribution in [0.5, 0.6) is 0 Å². The van der Waals surface area contributed by atoms with E-state index in [4.69, 9.17) is 4.74 Å². The number of hydrogen-bond acceptors (Lipinski definition) is 6. The molecule has 136 valence electrons. The van der Waals surface area contributed by atoms with E-state index in [0.717, 1.165) is 18.7 Å². The molecule has 0 aliphatic rings. The first kappa shape index (κ1) is 18.8. The summed E-state index contributed by atoms with van der Waals surface area (Å²) in [7, 11) is 1.66. The van der Waals surface area contributed by atoms with Gasteiger partial charge < -0.3 is 14.6 Å². The second kappa shape index (κ2) is 9.07. The van der Waals surface area contributed by atoms with Gasteiger partial charge in [0.2, 0.25) is 5.91 Å². The minimum Gasteiger partial charge on any atom is -0.385 e. The highest BCUT2D eigenvalue weighted by Crippen LogP contribution is 2.00. The van der Waals surface area contributed by atoms with E-state index in [1.807, 2.05) is 17.6 Å². The zero-order chi connectivity index (χ0) is 18.2. The van der Waals surface area contributed by atoms with E-state index >= 15 is 0 Å². The molecule has 9 nitrogen and oxygen atoms in total. The Balaban J connectivity index is 1.84. The summed E-state index contributed by atoms with van der Waals surface area (Å²) in [6.07, 6.45) is 2.68. The monoisotopic (exact) mass is 348 g/mol. The Morgan fingerprint density at radius 2 is 2.12 bits per heavy atom. The zero-order valence-electron chi connectivity index (χ0n) is 14.9. The maximum absolute atomic E-state index is 12.0. The summed E-state index contributed by atoms with van der Waals surface area (Å²) in [5, 5.41) is 10.7. The number of carbonyl (C=O) groups excluding carboxylic acids is 1. The third-order valence-corrected chi connectivity index (χ3v) is 3.80. The van der Waals surface area contributed by atoms with E-state index in [2.05, 4.69) is 20.5 Å². The van der Waals surface area contributed by atoms with Gasteiger partial charge in [0.05, 0.1) is 6.54 Å². The first-order valence-corrected chi connectivity index (χ1v) is 8.18. The number of rotatable bonds is 9. The minimum absolute atomic E-state index is 0.154. The smallest absolute Gasteiger partial charge is 0.347 e. The lowest BCUT2D eigenvalue weighted by atomic mass is 10.3. The molecule has 1 amide bonds. The average molecular weight is 348 g/mol. The zero-order valence-corrected chi connectivity index (χ0v) is 14.9. The largest absolute Gasteiger partial charge is 0.385 e. The first-order valence-electron chi connectivity index (χ1n) is 8.18. The van der Waals surface area contributed by atoms with Gasteiger partial charge in [-0.15, -0.1) is 10.2 Å². The van der Waals surface area contributed by atoms with Crippen molar-refractivity contribution in [1.82, 2.24) is 29.6 Å². The third-order valence-electron chi connectivity index (χ3n) is 3.80. The molecule has 0 radical (unpaired) electrons. The van der Waals surface area contributed by atoms with Crippen molar-refractivity contribution in [2.45, 2.75) is 46.3 Å².